The molecule has 5 heteroatoms. The summed E-state index contributed by atoms with van der Waals surface area (Å²) in [7, 11) is 0. The molecule has 0 unspecified atom stereocenters. The van der Waals surface area contributed by atoms with Crippen LogP contribution >= 0.6 is 11.3 Å². The number of nitrogens with one attached hydrogen (secondary N) is 1. The van der Waals surface area contributed by atoms with Crippen molar-refractivity contribution in [1.29, 1.82) is 0 Å². The number of rotatable bonds is 5. The Morgan fingerprint density at radius 1 is 1.60 bits per heavy atom. The summed E-state index contributed by atoms with van der Waals surface area (Å²) in [6.45, 7) is 8.53. The lowest BCUT2D eigenvalue weighted by Crippen LogP contribution is -2.74. The van der Waals surface area contributed by atoms with E-state index in [1.165, 1.54) is 11.3 Å². The fraction of sp³-hybridized carbons (Fsp3) is 0.667. The van der Waals surface area contributed by atoms with Crippen LogP contribution in [-0.4, -0.2) is 35.9 Å². The van der Waals surface area contributed by atoms with E-state index in [1.807, 2.05) is 39.1 Å². The Morgan fingerprint density at radius 2 is 2.30 bits per heavy atom. The van der Waals surface area contributed by atoms with Crippen molar-refractivity contribution in [2.45, 2.75) is 45.8 Å². The normalized spacial score (nSPS) is 27.9. The van der Waals surface area contributed by atoms with E-state index in [0.29, 0.717) is 17.9 Å². The minimum atomic E-state index is -0.597. The highest BCUT2D eigenvalue weighted by Gasteiger charge is 2.61. The molecule has 1 fully saturated rings. The number of amides is 1. The maximum atomic E-state index is 12.4. The van der Waals surface area contributed by atoms with Gasteiger partial charge in [0.05, 0.1) is 23.1 Å². The molecule has 0 aliphatic heterocycles. The summed E-state index contributed by atoms with van der Waals surface area (Å²) >= 11 is 1.43. The number of aliphatic hydroxyl groups excluding tert-OH is 1. The van der Waals surface area contributed by atoms with E-state index in [1.54, 1.807) is 0 Å². The second-order valence-electron chi connectivity index (χ2n) is 6.00. The Balaban J connectivity index is 2.14. The first-order chi connectivity index (χ1) is 9.38. The Hall–Kier alpha value is -0.910. The van der Waals surface area contributed by atoms with Gasteiger partial charge in [0.2, 0.25) is 0 Å². The second-order valence-corrected chi connectivity index (χ2v) is 6.91. The molecular formula is C15H23NO3S. The number of hydrogen-bond donors (Lipinski definition) is 2. The molecule has 2 N–H and O–H groups in total. The molecule has 1 aliphatic carbocycles. The molecule has 2 atom stereocenters. The minimum Gasteiger partial charge on any atom is -0.394 e. The fourth-order valence-corrected chi connectivity index (χ4v) is 3.70. The summed E-state index contributed by atoms with van der Waals surface area (Å²) in [4.78, 5) is 13.1. The Kier molecular flexibility index (Phi) is 4.23. The lowest BCUT2D eigenvalue weighted by atomic mass is 9.54. The van der Waals surface area contributed by atoms with Gasteiger partial charge < -0.3 is 15.2 Å². The van der Waals surface area contributed by atoms with Crippen LogP contribution in [-0.2, 0) is 4.74 Å². The molecule has 0 radical (unpaired) electrons. The van der Waals surface area contributed by atoms with Crippen molar-refractivity contribution < 1.29 is 14.6 Å². The van der Waals surface area contributed by atoms with E-state index in [4.69, 9.17) is 4.74 Å². The third-order valence-corrected chi connectivity index (χ3v) is 5.65. The third-order valence-electron chi connectivity index (χ3n) is 4.63. The van der Waals surface area contributed by atoms with Gasteiger partial charge in [0.25, 0.3) is 5.91 Å². The summed E-state index contributed by atoms with van der Waals surface area (Å²) < 4.78 is 5.69. The van der Waals surface area contributed by atoms with Crippen LogP contribution < -0.4 is 5.32 Å². The molecule has 112 valence electrons. The summed E-state index contributed by atoms with van der Waals surface area (Å²) in [6, 6.07) is 1.93. The molecule has 1 saturated carbocycles. The highest BCUT2D eigenvalue weighted by atomic mass is 32.1. The van der Waals surface area contributed by atoms with Crippen LogP contribution in [0.25, 0.3) is 0 Å². The average molecular weight is 297 g/mol. The Labute approximate surface area is 124 Å². The molecule has 1 aromatic rings. The number of thiophene rings is 1. The second kappa shape index (κ2) is 5.47. The molecule has 1 amide bonds. The fourth-order valence-electron chi connectivity index (χ4n) is 2.88. The van der Waals surface area contributed by atoms with Gasteiger partial charge in [-0.2, -0.15) is 0 Å². The SMILES string of the molecule is CCO[C@H]1C[C@@](CO)(NC(=O)c2sccc2C)C1(C)C. The molecule has 0 aromatic carbocycles. The zero-order valence-electron chi connectivity index (χ0n) is 12.5. The molecule has 1 aliphatic rings. The van der Waals surface area contributed by atoms with Crippen LogP contribution in [0.2, 0.25) is 0 Å². The van der Waals surface area contributed by atoms with Crippen LogP contribution in [0.15, 0.2) is 11.4 Å². The van der Waals surface area contributed by atoms with Crippen molar-refractivity contribution in [3.8, 4) is 0 Å². The minimum absolute atomic E-state index is 0.0697. The van der Waals surface area contributed by atoms with Gasteiger partial charge in [-0.05, 0) is 30.9 Å². The number of aliphatic hydroxyl groups is 1. The smallest absolute Gasteiger partial charge is 0.262 e. The summed E-state index contributed by atoms with van der Waals surface area (Å²) in [5.41, 5.74) is 0.0953. The zero-order chi connectivity index (χ0) is 15.0. The number of carbonyl (C=O) groups excluding carboxylic acids is 1. The standard InChI is InChI=1S/C15H23NO3S/c1-5-19-11-8-15(9-17,14(11,3)4)16-13(18)12-10(2)6-7-20-12/h6-7,11,17H,5,8-9H2,1-4H3,(H,16,18)/t11-,15-/m0/s1. The molecule has 0 spiro atoms. The number of hydrogen-bond acceptors (Lipinski definition) is 4. The molecule has 0 saturated heterocycles. The largest absolute Gasteiger partial charge is 0.394 e. The molecule has 0 bridgehead atoms. The van der Waals surface area contributed by atoms with Crippen LogP contribution in [0.5, 0.6) is 0 Å². The van der Waals surface area contributed by atoms with Crippen molar-refractivity contribution in [2.75, 3.05) is 13.2 Å². The van der Waals surface area contributed by atoms with Gasteiger partial charge >= 0.3 is 0 Å². The van der Waals surface area contributed by atoms with Crippen LogP contribution in [0, 0.1) is 12.3 Å². The molecular weight excluding hydrogens is 274 g/mol. The van der Waals surface area contributed by atoms with Crippen molar-refractivity contribution in [1.82, 2.24) is 5.32 Å². The highest BCUT2D eigenvalue weighted by Crippen LogP contribution is 2.51. The van der Waals surface area contributed by atoms with E-state index in [2.05, 4.69) is 5.32 Å². The maximum Gasteiger partial charge on any atom is 0.262 e. The topological polar surface area (TPSA) is 58.6 Å². The quantitative estimate of drug-likeness (QED) is 0.877. The predicted octanol–water partition coefficient (Wildman–Crippen LogP) is 2.35. The number of ether oxygens (including phenoxy) is 1. The predicted molar refractivity (Wildman–Crippen MR) is 80.2 cm³/mol. The van der Waals surface area contributed by atoms with E-state index in [-0.39, 0.29) is 24.0 Å². The van der Waals surface area contributed by atoms with E-state index >= 15 is 0 Å². The lowest BCUT2D eigenvalue weighted by Gasteiger charge is -2.60. The molecule has 20 heavy (non-hydrogen) atoms. The lowest BCUT2D eigenvalue weighted by molar-refractivity contribution is -0.172. The molecule has 2 rings (SSSR count). The first-order valence-electron chi connectivity index (χ1n) is 6.97. The van der Waals surface area contributed by atoms with Crippen molar-refractivity contribution in [3.05, 3.63) is 21.9 Å². The summed E-state index contributed by atoms with van der Waals surface area (Å²) in [6.07, 6.45) is 0.727. The van der Waals surface area contributed by atoms with E-state index in [9.17, 15) is 9.90 Å². The number of carbonyl (C=O) groups is 1. The van der Waals surface area contributed by atoms with Crippen LogP contribution in [0.4, 0.5) is 0 Å². The van der Waals surface area contributed by atoms with Crippen LogP contribution in [0.3, 0.4) is 0 Å². The summed E-state index contributed by atoms with van der Waals surface area (Å²) in [5, 5.41) is 14.8. The Bertz CT molecular complexity index is 497. The van der Waals surface area contributed by atoms with Gasteiger partial charge in [-0.15, -0.1) is 11.3 Å². The van der Waals surface area contributed by atoms with Gasteiger partial charge in [0.1, 0.15) is 0 Å². The van der Waals surface area contributed by atoms with Crippen molar-refractivity contribution in [3.63, 3.8) is 0 Å². The van der Waals surface area contributed by atoms with Crippen LogP contribution in [0.1, 0.15) is 42.4 Å². The van der Waals surface area contributed by atoms with Gasteiger partial charge in [0.15, 0.2) is 0 Å². The third kappa shape index (κ3) is 2.28. The number of aryl methyl sites for hydroxylation is 1. The van der Waals surface area contributed by atoms with E-state index < -0.39 is 5.54 Å². The first kappa shape index (κ1) is 15.5. The van der Waals surface area contributed by atoms with E-state index in [0.717, 1.165) is 5.56 Å². The molecule has 4 nitrogen and oxygen atoms in total. The molecule has 1 aromatic heterocycles. The maximum absolute atomic E-state index is 12.4. The van der Waals surface area contributed by atoms with Crippen molar-refractivity contribution >= 4 is 17.2 Å². The molecule has 1 heterocycles. The van der Waals surface area contributed by atoms with Gasteiger partial charge in [-0.3, -0.25) is 4.79 Å². The Morgan fingerprint density at radius 3 is 2.75 bits per heavy atom. The first-order valence-corrected chi connectivity index (χ1v) is 7.85. The van der Waals surface area contributed by atoms with Gasteiger partial charge in [-0.1, -0.05) is 13.8 Å². The van der Waals surface area contributed by atoms with Gasteiger partial charge in [0, 0.05) is 18.4 Å². The monoisotopic (exact) mass is 297 g/mol. The van der Waals surface area contributed by atoms with Gasteiger partial charge in [-0.25, -0.2) is 0 Å². The summed E-state index contributed by atoms with van der Waals surface area (Å²) in [5.74, 6) is -0.102. The zero-order valence-corrected chi connectivity index (χ0v) is 13.3. The average Bonchev–Trinajstić information content (AvgIpc) is 2.83. The van der Waals surface area contributed by atoms with Crippen molar-refractivity contribution in [2.24, 2.45) is 5.41 Å². The highest BCUT2D eigenvalue weighted by molar-refractivity contribution is 7.12.